The van der Waals surface area contributed by atoms with Gasteiger partial charge in [-0.3, -0.25) is 4.79 Å². The third-order valence-corrected chi connectivity index (χ3v) is 4.68. The number of pyridine rings is 1. The first-order chi connectivity index (χ1) is 13.0. The molecule has 0 saturated carbocycles. The molecule has 140 valence electrons. The molecule has 0 spiro atoms. The van der Waals surface area contributed by atoms with Gasteiger partial charge in [0.05, 0.1) is 10.8 Å². The molecule has 7 nitrogen and oxygen atoms in total. The lowest BCUT2D eigenvalue weighted by molar-refractivity contribution is -0.113. The maximum Gasteiger partial charge on any atom is 0.236 e. The molecular formula is C17H15ClFN5O2S. The lowest BCUT2D eigenvalue weighted by atomic mass is 10.3. The molecule has 1 amide bonds. The normalized spacial score (nSPS) is 10.6. The molecule has 0 unspecified atom stereocenters. The van der Waals surface area contributed by atoms with Gasteiger partial charge in [-0.25, -0.2) is 9.37 Å². The van der Waals surface area contributed by atoms with E-state index in [2.05, 4.69) is 20.5 Å². The van der Waals surface area contributed by atoms with Crippen LogP contribution in [0.1, 0.15) is 5.82 Å². The number of carbonyl (C=O) groups excluding carboxylic acids is 1. The van der Waals surface area contributed by atoms with Gasteiger partial charge in [-0.2, -0.15) is 0 Å². The topological polar surface area (TPSA) is 81.9 Å². The van der Waals surface area contributed by atoms with E-state index in [1.54, 1.807) is 23.7 Å². The summed E-state index contributed by atoms with van der Waals surface area (Å²) in [7, 11) is 1.78. The van der Waals surface area contributed by atoms with Crippen molar-refractivity contribution in [1.29, 1.82) is 0 Å². The molecule has 0 atom stereocenters. The first kappa shape index (κ1) is 19.1. The predicted octanol–water partition coefficient (Wildman–Crippen LogP) is 3.31. The Hall–Kier alpha value is -2.65. The molecule has 3 rings (SSSR count). The highest BCUT2D eigenvalue weighted by atomic mass is 35.5. The SMILES string of the molecule is Cn1c(COc2ccc(F)cc2)nnc1SCC(=O)Nc1ccc(Cl)cn1. The Labute approximate surface area is 163 Å². The summed E-state index contributed by atoms with van der Waals surface area (Å²) >= 11 is 7.00. The summed E-state index contributed by atoms with van der Waals surface area (Å²) < 4.78 is 20.2. The van der Waals surface area contributed by atoms with Crippen molar-refractivity contribution < 1.29 is 13.9 Å². The number of halogens is 2. The van der Waals surface area contributed by atoms with E-state index < -0.39 is 0 Å². The quantitative estimate of drug-likeness (QED) is 0.605. The highest BCUT2D eigenvalue weighted by molar-refractivity contribution is 7.99. The number of thioether (sulfide) groups is 1. The van der Waals surface area contributed by atoms with Gasteiger partial charge in [0.1, 0.15) is 24.0 Å². The van der Waals surface area contributed by atoms with Gasteiger partial charge in [-0.05, 0) is 36.4 Å². The Morgan fingerprint density at radius 2 is 2.04 bits per heavy atom. The lowest BCUT2D eigenvalue weighted by Gasteiger charge is -2.07. The number of nitrogens with one attached hydrogen (secondary N) is 1. The van der Waals surface area contributed by atoms with Crippen LogP contribution in [0.3, 0.4) is 0 Å². The molecule has 0 saturated heterocycles. The summed E-state index contributed by atoms with van der Waals surface area (Å²) in [5.74, 6) is 1.14. The number of anilines is 1. The number of ether oxygens (including phenoxy) is 1. The smallest absolute Gasteiger partial charge is 0.236 e. The second-order valence-electron chi connectivity index (χ2n) is 5.40. The molecule has 0 aliphatic heterocycles. The predicted molar refractivity (Wildman–Crippen MR) is 100 cm³/mol. The van der Waals surface area contributed by atoms with Crippen molar-refractivity contribution in [2.75, 3.05) is 11.1 Å². The fourth-order valence-corrected chi connectivity index (χ4v) is 2.88. The largest absolute Gasteiger partial charge is 0.486 e. The van der Waals surface area contributed by atoms with Crippen molar-refractivity contribution in [3.05, 3.63) is 59.3 Å². The summed E-state index contributed by atoms with van der Waals surface area (Å²) in [5, 5.41) is 11.9. The summed E-state index contributed by atoms with van der Waals surface area (Å²) in [5.41, 5.74) is 0. The zero-order valence-electron chi connectivity index (χ0n) is 14.2. The molecule has 2 aromatic heterocycles. The van der Waals surface area contributed by atoms with E-state index in [4.69, 9.17) is 16.3 Å². The molecule has 2 heterocycles. The Kier molecular flexibility index (Phi) is 6.25. The molecule has 0 aliphatic rings. The van der Waals surface area contributed by atoms with Crippen LogP contribution in [0.2, 0.25) is 5.02 Å². The van der Waals surface area contributed by atoms with Gasteiger partial charge in [-0.1, -0.05) is 23.4 Å². The number of nitrogens with zero attached hydrogens (tertiary/aromatic N) is 4. The van der Waals surface area contributed by atoms with E-state index in [-0.39, 0.29) is 24.1 Å². The highest BCUT2D eigenvalue weighted by Gasteiger charge is 2.12. The third kappa shape index (κ3) is 5.41. The Morgan fingerprint density at radius 3 is 2.74 bits per heavy atom. The second-order valence-corrected chi connectivity index (χ2v) is 6.78. The molecule has 0 aliphatic carbocycles. The van der Waals surface area contributed by atoms with E-state index >= 15 is 0 Å². The van der Waals surface area contributed by atoms with Gasteiger partial charge in [0.2, 0.25) is 5.91 Å². The van der Waals surface area contributed by atoms with Crippen LogP contribution in [0, 0.1) is 5.82 Å². The van der Waals surface area contributed by atoms with Crippen molar-refractivity contribution in [2.45, 2.75) is 11.8 Å². The van der Waals surface area contributed by atoms with Crippen LogP contribution >= 0.6 is 23.4 Å². The van der Waals surface area contributed by atoms with Crippen LogP contribution < -0.4 is 10.1 Å². The van der Waals surface area contributed by atoms with Crippen LogP contribution in [-0.2, 0) is 18.4 Å². The average Bonchev–Trinajstić information content (AvgIpc) is 3.01. The van der Waals surface area contributed by atoms with Gasteiger partial charge >= 0.3 is 0 Å². The zero-order valence-corrected chi connectivity index (χ0v) is 15.8. The van der Waals surface area contributed by atoms with Crippen molar-refractivity contribution in [2.24, 2.45) is 7.05 Å². The van der Waals surface area contributed by atoms with E-state index in [1.807, 2.05) is 0 Å². The summed E-state index contributed by atoms with van der Waals surface area (Å²) in [6, 6.07) is 8.99. The molecular weight excluding hydrogens is 393 g/mol. The first-order valence-electron chi connectivity index (χ1n) is 7.82. The second kappa shape index (κ2) is 8.83. The zero-order chi connectivity index (χ0) is 19.2. The van der Waals surface area contributed by atoms with Crippen molar-refractivity contribution in [1.82, 2.24) is 19.7 Å². The van der Waals surface area contributed by atoms with E-state index in [0.29, 0.717) is 27.6 Å². The fourth-order valence-electron chi connectivity index (χ4n) is 2.03. The summed E-state index contributed by atoms with van der Waals surface area (Å²) in [4.78, 5) is 16.0. The summed E-state index contributed by atoms with van der Waals surface area (Å²) in [6.45, 7) is 0.177. The van der Waals surface area contributed by atoms with Gasteiger partial charge in [0.15, 0.2) is 11.0 Å². The molecule has 0 fully saturated rings. The van der Waals surface area contributed by atoms with Gasteiger partial charge < -0.3 is 14.6 Å². The Bertz CT molecular complexity index is 918. The minimum atomic E-state index is -0.327. The molecule has 27 heavy (non-hydrogen) atoms. The molecule has 1 N–H and O–H groups in total. The number of amides is 1. The maximum atomic E-state index is 12.9. The third-order valence-electron chi connectivity index (χ3n) is 3.43. The Balaban J connectivity index is 1.51. The van der Waals surface area contributed by atoms with E-state index in [1.165, 1.54) is 42.2 Å². The van der Waals surface area contributed by atoms with Gasteiger partial charge in [0, 0.05) is 13.2 Å². The van der Waals surface area contributed by atoms with Gasteiger partial charge in [0.25, 0.3) is 0 Å². The number of benzene rings is 1. The van der Waals surface area contributed by atoms with Crippen LogP contribution in [-0.4, -0.2) is 31.4 Å². The summed E-state index contributed by atoms with van der Waals surface area (Å²) in [6.07, 6.45) is 1.46. The molecule has 0 radical (unpaired) electrons. The highest BCUT2D eigenvalue weighted by Crippen LogP contribution is 2.18. The maximum absolute atomic E-state index is 12.9. The number of hydrogen-bond acceptors (Lipinski definition) is 6. The monoisotopic (exact) mass is 407 g/mol. The fraction of sp³-hybridized carbons (Fsp3) is 0.176. The minimum absolute atomic E-state index is 0.148. The molecule has 10 heteroatoms. The van der Waals surface area contributed by atoms with Crippen molar-refractivity contribution >= 4 is 35.1 Å². The van der Waals surface area contributed by atoms with Crippen molar-refractivity contribution in [3.63, 3.8) is 0 Å². The average molecular weight is 408 g/mol. The Morgan fingerprint density at radius 1 is 1.26 bits per heavy atom. The molecule has 3 aromatic rings. The minimum Gasteiger partial charge on any atom is -0.486 e. The molecule has 1 aromatic carbocycles. The van der Waals surface area contributed by atoms with Crippen molar-refractivity contribution in [3.8, 4) is 5.75 Å². The number of carbonyl (C=O) groups is 1. The van der Waals surface area contributed by atoms with Gasteiger partial charge in [-0.15, -0.1) is 10.2 Å². The van der Waals surface area contributed by atoms with E-state index in [0.717, 1.165) is 0 Å². The van der Waals surface area contributed by atoms with Crippen LogP contribution in [0.15, 0.2) is 47.8 Å². The lowest BCUT2D eigenvalue weighted by Crippen LogP contribution is -2.15. The van der Waals surface area contributed by atoms with E-state index in [9.17, 15) is 9.18 Å². The van der Waals surface area contributed by atoms with Crippen LogP contribution in [0.5, 0.6) is 5.75 Å². The standard InChI is InChI=1S/C17H15ClFN5O2S/c1-24-15(9-26-13-5-3-12(19)4-6-13)22-23-17(24)27-10-16(25)21-14-7-2-11(18)8-20-14/h2-8H,9-10H2,1H3,(H,20,21,25). The van der Waals surface area contributed by atoms with Crippen LogP contribution in [0.4, 0.5) is 10.2 Å². The number of hydrogen-bond donors (Lipinski definition) is 1. The number of aromatic nitrogens is 4. The van der Waals surface area contributed by atoms with Crippen LogP contribution in [0.25, 0.3) is 0 Å². The first-order valence-corrected chi connectivity index (χ1v) is 9.18. The molecule has 0 bridgehead atoms. The number of rotatable bonds is 7.